The van der Waals surface area contributed by atoms with E-state index in [-0.39, 0.29) is 0 Å². The number of rotatable bonds is 5. The molecule has 0 aliphatic rings. The third-order valence-electron chi connectivity index (χ3n) is 3.03. The van der Waals surface area contributed by atoms with Crippen molar-refractivity contribution in [1.82, 2.24) is 0 Å². The molecule has 1 nitrogen and oxygen atoms in total. The molecule has 0 spiro atoms. The summed E-state index contributed by atoms with van der Waals surface area (Å²) in [5.41, 5.74) is 2.79. The SMILES string of the molecule is Cc1ccc(CCCC[n+]2ccccc2)cc1. The summed E-state index contributed by atoms with van der Waals surface area (Å²) in [6.45, 7) is 3.25. The quantitative estimate of drug-likeness (QED) is 0.544. The fraction of sp³-hybridized carbons (Fsp3) is 0.312. The second-order valence-corrected chi connectivity index (χ2v) is 4.56. The van der Waals surface area contributed by atoms with Crippen LogP contribution in [0.4, 0.5) is 0 Å². The lowest BCUT2D eigenvalue weighted by molar-refractivity contribution is -0.697. The number of hydrogen-bond acceptors (Lipinski definition) is 0. The Hall–Kier alpha value is -1.63. The van der Waals surface area contributed by atoms with Crippen LogP contribution in [0.25, 0.3) is 0 Å². The van der Waals surface area contributed by atoms with Crippen molar-refractivity contribution >= 4 is 0 Å². The van der Waals surface area contributed by atoms with Gasteiger partial charge >= 0.3 is 0 Å². The third-order valence-corrected chi connectivity index (χ3v) is 3.03. The van der Waals surface area contributed by atoms with E-state index in [4.69, 9.17) is 0 Å². The van der Waals surface area contributed by atoms with E-state index >= 15 is 0 Å². The molecular formula is C16H20N+. The van der Waals surface area contributed by atoms with E-state index in [9.17, 15) is 0 Å². The van der Waals surface area contributed by atoms with Crippen molar-refractivity contribution in [2.75, 3.05) is 0 Å². The summed E-state index contributed by atoms with van der Waals surface area (Å²) in [5.74, 6) is 0. The first-order valence-corrected chi connectivity index (χ1v) is 6.34. The van der Waals surface area contributed by atoms with Crippen LogP contribution in [0.2, 0.25) is 0 Å². The van der Waals surface area contributed by atoms with Gasteiger partial charge < -0.3 is 0 Å². The standard InChI is InChI=1S/C16H20N/c1-15-8-10-16(11-9-15)7-3-6-14-17-12-4-2-5-13-17/h2,4-5,8-13H,3,6-7,14H2,1H3/q+1. The van der Waals surface area contributed by atoms with Crippen molar-refractivity contribution in [1.29, 1.82) is 0 Å². The smallest absolute Gasteiger partial charge is 0.168 e. The lowest BCUT2D eigenvalue weighted by Crippen LogP contribution is -2.32. The zero-order valence-corrected chi connectivity index (χ0v) is 10.5. The summed E-state index contributed by atoms with van der Waals surface area (Å²) in [7, 11) is 0. The molecule has 0 N–H and O–H groups in total. The Balaban J connectivity index is 1.71. The van der Waals surface area contributed by atoms with Crippen molar-refractivity contribution in [3.8, 4) is 0 Å². The largest absolute Gasteiger partial charge is 0.205 e. The Bertz CT molecular complexity index is 431. The molecule has 1 heterocycles. The van der Waals surface area contributed by atoms with Gasteiger partial charge in [-0.15, -0.1) is 0 Å². The minimum atomic E-state index is 1.12. The van der Waals surface area contributed by atoms with Gasteiger partial charge in [0.15, 0.2) is 12.4 Å². The number of nitrogens with zero attached hydrogens (tertiary/aromatic N) is 1. The third kappa shape index (κ3) is 4.03. The molecule has 1 heteroatoms. The van der Waals surface area contributed by atoms with Gasteiger partial charge in [-0.3, -0.25) is 0 Å². The summed E-state index contributed by atoms with van der Waals surface area (Å²) in [6.07, 6.45) is 7.94. The lowest BCUT2D eigenvalue weighted by atomic mass is 10.1. The van der Waals surface area contributed by atoms with Crippen LogP contribution in [-0.4, -0.2) is 0 Å². The Kier molecular flexibility index (Phi) is 4.31. The molecule has 1 aromatic carbocycles. The van der Waals surface area contributed by atoms with Crippen LogP contribution < -0.4 is 4.57 Å². The van der Waals surface area contributed by atoms with Gasteiger partial charge in [0, 0.05) is 18.6 Å². The average molecular weight is 226 g/mol. The predicted octanol–water partition coefficient (Wildman–Crippen LogP) is 3.31. The van der Waals surface area contributed by atoms with Gasteiger partial charge in [0.05, 0.1) is 0 Å². The first kappa shape index (κ1) is 11.8. The van der Waals surface area contributed by atoms with E-state index in [1.807, 2.05) is 0 Å². The molecule has 2 rings (SSSR count). The van der Waals surface area contributed by atoms with Gasteiger partial charge in [0.25, 0.3) is 0 Å². The van der Waals surface area contributed by atoms with Crippen molar-refractivity contribution < 1.29 is 4.57 Å². The monoisotopic (exact) mass is 226 g/mol. The second-order valence-electron chi connectivity index (χ2n) is 4.56. The molecule has 88 valence electrons. The maximum Gasteiger partial charge on any atom is 0.168 e. The van der Waals surface area contributed by atoms with Crippen LogP contribution in [0.15, 0.2) is 54.9 Å². The number of hydrogen-bond donors (Lipinski definition) is 0. The van der Waals surface area contributed by atoms with Crippen LogP contribution in [0.1, 0.15) is 24.0 Å². The molecule has 0 aliphatic heterocycles. The molecular weight excluding hydrogens is 206 g/mol. The molecule has 2 aromatic rings. The highest BCUT2D eigenvalue weighted by Crippen LogP contribution is 2.06. The minimum Gasteiger partial charge on any atom is -0.205 e. The molecule has 0 aliphatic carbocycles. The Labute approximate surface area is 104 Å². The van der Waals surface area contributed by atoms with Crippen LogP contribution in [0.5, 0.6) is 0 Å². The van der Waals surface area contributed by atoms with Crippen molar-refractivity contribution in [3.63, 3.8) is 0 Å². The van der Waals surface area contributed by atoms with Gasteiger partial charge in [-0.1, -0.05) is 35.9 Å². The highest BCUT2D eigenvalue weighted by atomic mass is 14.9. The molecule has 0 bridgehead atoms. The maximum absolute atomic E-state index is 2.25. The van der Waals surface area contributed by atoms with Crippen molar-refractivity contribution in [2.45, 2.75) is 32.7 Å². The molecule has 1 aromatic heterocycles. The number of benzene rings is 1. The first-order chi connectivity index (χ1) is 8.34. The predicted molar refractivity (Wildman–Crippen MR) is 70.8 cm³/mol. The van der Waals surface area contributed by atoms with E-state index in [1.165, 1.54) is 30.4 Å². The van der Waals surface area contributed by atoms with Gasteiger partial charge in [0.2, 0.25) is 0 Å². The van der Waals surface area contributed by atoms with Crippen LogP contribution >= 0.6 is 0 Å². The molecule has 0 fully saturated rings. The summed E-state index contributed by atoms with van der Waals surface area (Å²) < 4.78 is 2.25. The average Bonchev–Trinajstić information content (AvgIpc) is 2.38. The molecule has 0 unspecified atom stereocenters. The lowest BCUT2D eigenvalue weighted by Gasteiger charge is -2.01. The molecule has 0 saturated carbocycles. The highest BCUT2D eigenvalue weighted by molar-refractivity contribution is 5.21. The zero-order valence-electron chi connectivity index (χ0n) is 10.5. The van der Waals surface area contributed by atoms with E-state index in [1.54, 1.807) is 0 Å². The highest BCUT2D eigenvalue weighted by Gasteiger charge is 1.98. The number of pyridine rings is 1. The molecule has 0 amide bonds. The Morgan fingerprint density at radius 3 is 2.29 bits per heavy atom. The van der Waals surface area contributed by atoms with E-state index in [0.29, 0.717) is 0 Å². The molecule has 0 radical (unpaired) electrons. The number of unbranched alkanes of at least 4 members (excludes halogenated alkanes) is 1. The number of aromatic nitrogens is 1. The van der Waals surface area contributed by atoms with E-state index in [2.05, 4.69) is 66.3 Å². The zero-order chi connectivity index (χ0) is 11.9. The minimum absolute atomic E-state index is 1.12. The first-order valence-electron chi connectivity index (χ1n) is 6.34. The van der Waals surface area contributed by atoms with Gasteiger partial charge in [0.1, 0.15) is 6.54 Å². The van der Waals surface area contributed by atoms with Gasteiger partial charge in [-0.2, -0.15) is 0 Å². The fourth-order valence-corrected chi connectivity index (χ4v) is 1.96. The summed E-state index contributed by atoms with van der Waals surface area (Å²) in [5, 5.41) is 0. The summed E-state index contributed by atoms with van der Waals surface area (Å²) >= 11 is 0. The van der Waals surface area contributed by atoms with Gasteiger partial charge in [-0.05, 0) is 25.3 Å². The molecule has 0 saturated heterocycles. The number of aryl methyl sites for hydroxylation is 3. The van der Waals surface area contributed by atoms with E-state index < -0.39 is 0 Å². The Morgan fingerprint density at radius 2 is 1.59 bits per heavy atom. The van der Waals surface area contributed by atoms with Crippen LogP contribution in [-0.2, 0) is 13.0 Å². The summed E-state index contributed by atoms with van der Waals surface area (Å²) in [6, 6.07) is 15.1. The molecule has 17 heavy (non-hydrogen) atoms. The van der Waals surface area contributed by atoms with Gasteiger partial charge in [-0.25, -0.2) is 4.57 Å². The normalized spacial score (nSPS) is 10.4. The van der Waals surface area contributed by atoms with Crippen molar-refractivity contribution in [3.05, 3.63) is 66.0 Å². The van der Waals surface area contributed by atoms with Crippen LogP contribution in [0.3, 0.4) is 0 Å². The second kappa shape index (κ2) is 6.19. The van der Waals surface area contributed by atoms with Crippen molar-refractivity contribution in [2.24, 2.45) is 0 Å². The van der Waals surface area contributed by atoms with E-state index in [0.717, 1.165) is 6.54 Å². The molecule has 0 atom stereocenters. The topological polar surface area (TPSA) is 3.88 Å². The summed E-state index contributed by atoms with van der Waals surface area (Å²) in [4.78, 5) is 0. The Morgan fingerprint density at radius 1 is 0.882 bits per heavy atom. The fourth-order valence-electron chi connectivity index (χ4n) is 1.96. The maximum atomic E-state index is 2.25. The van der Waals surface area contributed by atoms with Crippen LogP contribution in [0, 0.1) is 6.92 Å².